The molecule has 2 aromatic carbocycles. The van der Waals surface area contributed by atoms with E-state index in [-0.39, 0.29) is 36.6 Å². The van der Waals surface area contributed by atoms with Gasteiger partial charge < -0.3 is 19.0 Å². The molecule has 0 bridgehead atoms. The zero-order valence-electron chi connectivity index (χ0n) is 15.9. The van der Waals surface area contributed by atoms with Crippen LogP contribution in [0.1, 0.15) is 35.5 Å². The molecule has 0 saturated heterocycles. The summed E-state index contributed by atoms with van der Waals surface area (Å²) < 4.78 is 15.9. The zero-order valence-corrected chi connectivity index (χ0v) is 15.9. The highest BCUT2D eigenvalue weighted by atomic mass is 16.5. The van der Waals surface area contributed by atoms with Crippen LogP contribution in [0.3, 0.4) is 0 Å². The minimum atomic E-state index is -0.548. The first kappa shape index (κ1) is 19.4. The fourth-order valence-electron chi connectivity index (χ4n) is 3.14. The molecule has 0 amide bonds. The molecule has 0 fully saturated rings. The highest BCUT2D eigenvalue weighted by molar-refractivity contribution is 6.21. The number of furan rings is 1. The van der Waals surface area contributed by atoms with Crippen molar-refractivity contribution in [2.45, 2.75) is 20.8 Å². The van der Waals surface area contributed by atoms with Gasteiger partial charge in [-0.3, -0.25) is 9.79 Å². The third-order valence-electron chi connectivity index (χ3n) is 4.26. The number of rotatable bonds is 6. The van der Waals surface area contributed by atoms with Crippen molar-refractivity contribution < 1.29 is 28.6 Å². The number of phenolic OH excluding ortho intramolecular Hbond substituents is 1. The standard InChI is InChI=1S/C21H21NO6/c1-4-26-16(23)11-22-10-15-18-17(21(25)27-5-2)12(3)28-20(18)14-9-7-6-8-13(14)19(15)24/h6-10,24H,4-5,11H2,1-3H3. The SMILES string of the molecule is CCOC(=O)CN=Cc1c(O)c2ccccc2c2oc(C)c(C(=O)OCC)c12. The van der Waals surface area contributed by atoms with E-state index >= 15 is 0 Å². The Morgan fingerprint density at radius 3 is 2.50 bits per heavy atom. The molecule has 146 valence electrons. The molecule has 3 aromatic rings. The predicted octanol–water partition coefficient (Wildman–Crippen LogP) is 3.76. The van der Waals surface area contributed by atoms with Crippen molar-refractivity contribution in [3.63, 3.8) is 0 Å². The molecule has 1 aromatic heterocycles. The second-order valence-electron chi connectivity index (χ2n) is 6.04. The number of hydrogen-bond acceptors (Lipinski definition) is 7. The van der Waals surface area contributed by atoms with E-state index in [0.29, 0.717) is 27.5 Å². The first-order chi connectivity index (χ1) is 13.5. The van der Waals surface area contributed by atoms with Gasteiger partial charge >= 0.3 is 11.9 Å². The topological polar surface area (TPSA) is 98.3 Å². The van der Waals surface area contributed by atoms with Gasteiger partial charge in [-0.1, -0.05) is 24.3 Å². The number of ether oxygens (including phenoxy) is 2. The highest BCUT2D eigenvalue weighted by Gasteiger charge is 2.25. The van der Waals surface area contributed by atoms with Crippen molar-refractivity contribution in [2.24, 2.45) is 4.99 Å². The van der Waals surface area contributed by atoms with Gasteiger partial charge in [0.1, 0.15) is 29.2 Å². The molecule has 0 spiro atoms. The van der Waals surface area contributed by atoms with E-state index in [1.54, 1.807) is 39.0 Å². The number of carbonyl (C=O) groups is 2. The lowest BCUT2D eigenvalue weighted by Gasteiger charge is -2.08. The molecule has 0 aliphatic carbocycles. The van der Waals surface area contributed by atoms with Crippen LogP contribution in [-0.2, 0) is 14.3 Å². The van der Waals surface area contributed by atoms with Gasteiger partial charge in [-0.15, -0.1) is 0 Å². The normalized spacial score (nSPS) is 11.4. The summed E-state index contributed by atoms with van der Waals surface area (Å²) in [5.41, 5.74) is 0.972. The molecular weight excluding hydrogens is 362 g/mol. The van der Waals surface area contributed by atoms with Crippen LogP contribution in [0.15, 0.2) is 33.7 Å². The maximum atomic E-state index is 12.5. The molecule has 0 aliphatic heterocycles. The Morgan fingerprint density at radius 2 is 1.82 bits per heavy atom. The Labute approximate surface area is 161 Å². The Kier molecular flexibility index (Phi) is 5.63. The van der Waals surface area contributed by atoms with Crippen molar-refractivity contribution >= 4 is 39.9 Å². The van der Waals surface area contributed by atoms with Gasteiger partial charge in [0.05, 0.1) is 13.2 Å². The number of phenols is 1. The third-order valence-corrected chi connectivity index (χ3v) is 4.26. The van der Waals surface area contributed by atoms with Crippen LogP contribution in [0.2, 0.25) is 0 Å². The smallest absolute Gasteiger partial charge is 0.342 e. The largest absolute Gasteiger partial charge is 0.507 e. The molecule has 7 heteroatoms. The monoisotopic (exact) mass is 383 g/mol. The number of aryl methyl sites for hydroxylation is 1. The molecule has 0 unspecified atom stereocenters. The third kappa shape index (κ3) is 3.43. The second-order valence-corrected chi connectivity index (χ2v) is 6.04. The Morgan fingerprint density at radius 1 is 1.14 bits per heavy atom. The lowest BCUT2D eigenvalue weighted by Crippen LogP contribution is -2.08. The lowest BCUT2D eigenvalue weighted by molar-refractivity contribution is -0.141. The summed E-state index contributed by atoms with van der Waals surface area (Å²) in [6, 6.07) is 7.15. The number of hydrogen-bond donors (Lipinski definition) is 1. The van der Waals surface area contributed by atoms with E-state index in [1.807, 2.05) is 6.07 Å². The van der Waals surface area contributed by atoms with Crippen molar-refractivity contribution in [1.82, 2.24) is 0 Å². The first-order valence-corrected chi connectivity index (χ1v) is 8.98. The van der Waals surface area contributed by atoms with Crippen LogP contribution in [0, 0.1) is 6.92 Å². The molecule has 3 rings (SSSR count). The summed E-state index contributed by atoms with van der Waals surface area (Å²) in [7, 11) is 0. The van der Waals surface area contributed by atoms with Gasteiger partial charge in [0.25, 0.3) is 0 Å². The van der Waals surface area contributed by atoms with Gasteiger partial charge in [-0.25, -0.2) is 4.79 Å². The lowest BCUT2D eigenvalue weighted by atomic mass is 9.98. The minimum Gasteiger partial charge on any atom is -0.507 e. The number of nitrogens with zero attached hydrogens (tertiary/aromatic N) is 1. The van der Waals surface area contributed by atoms with E-state index in [9.17, 15) is 14.7 Å². The zero-order chi connectivity index (χ0) is 20.3. The van der Waals surface area contributed by atoms with Gasteiger partial charge in [-0.05, 0) is 20.8 Å². The summed E-state index contributed by atoms with van der Waals surface area (Å²) >= 11 is 0. The van der Waals surface area contributed by atoms with E-state index < -0.39 is 11.9 Å². The highest BCUT2D eigenvalue weighted by Crippen LogP contribution is 2.40. The molecule has 0 radical (unpaired) electrons. The number of esters is 2. The summed E-state index contributed by atoms with van der Waals surface area (Å²) in [6.45, 7) is 5.35. The number of fused-ring (bicyclic) bond motifs is 3. The maximum Gasteiger partial charge on any atom is 0.342 e. The summed E-state index contributed by atoms with van der Waals surface area (Å²) in [5, 5.41) is 12.5. The molecule has 0 saturated carbocycles. The molecule has 1 heterocycles. The van der Waals surface area contributed by atoms with Crippen molar-refractivity contribution in [3.8, 4) is 5.75 Å². The molecule has 1 N–H and O–H groups in total. The molecule has 28 heavy (non-hydrogen) atoms. The summed E-state index contributed by atoms with van der Waals surface area (Å²) in [5.74, 6) is -0.705. The fraction of sp³-hybridized carbons (Fsp3) is 0.286. The van der Waals surface area contributed by atoms with Crippen LogP contribution in [0.25, 0.3) is 21.7 Å². The summed E-state index contributed by atoms with van der Waals surface area (Å²) in [6.07, 6.45) is 1.36. The van der Waals surface area contributed by atoms with Crippen molar-refractivity contribution in [1.29, 1.82) is 0 Å². The van der Waals surface area contributed by atoms with Crippen LogP contribution < -0.4 is 0 Å². The number of carbonyl (C=O) groups excluding carboxylic acids is 2. The Bertz CT molecular complexity index is 1080. The van der Waals surface area contributed by atoms with Gasteiger partial charge in [0, 0.05) is 27.9 Å². The Balaban J connectivity index is 2.26. The molecule has 7 nitrogen and oxygen atoms in total. The molecule has 0 aliphatic rings. The van der Waals surface area contributed by atoms with Crippen LogP contribution in [0.5, 0.6) is 5.75 Å². The average Bonchev–Trinajstić information content (AvgIpc) is 3.02. The molecular formula is C21H21NO6. The second kappa shape index (κ2) is 8.12. The summed E-state index contributed by atoms with van der Waals surface area (Å²) in [4.78, 5) is 28.2. The van der Waals surface area contributed by atoms with E-state index in [4.69, 9.17) is 13.9 Å². The van der Waals surface area contributed by atoms with E-state index in [2.05, 4.69) is 4.99 Å². The molecule has 0 atom stereocenters. The number of benzene rings is 2. The van der Waals surface area contributed by atoms with E-state index in [1.165, 1.54) is 6.21 Å². The van der Waals surface area contributed by atoms with Crippen molar-refractivity contribution in [2.75, 3.05) is 19.8 Å². The van der Waals surface area contributed by atoms with Crippen molar-refractivity contribution in [3.05, 3.63) is 41.2 Å². The average molecular weight is 383 g/mol. The van der Waals surface area contributed by atoms with Gasteiger partial charge in [0.15, 0.2) is 0 Å². The van der Waals surface area contributed by atoms with Crippen LogP contribution >= 0.6 is 0 Å². The van der Waals surface area contributed by atoms with Crippen LogP contribution in [0.4, 0.5) is 0 Å². The van der Waals surface area contributed by atoms with Gasteiger partial charge in [-0.2, -0.15) is 0 Å². The fourth-order valence-corrected chi connectivity index (χ4v) is 3.14. The minimum absolute atomic E-state index is 0.0537. The predicted molar refractivity (Wildman–Crippen MR) is 105 cm³/mol. The maximum absolute atomic E-state index is 12.5. The quantitative estimate of drug-likeness (QED) is 0.514. The van der Waals surface area contributed by atoms with E-state index in [0.717, 1.165) is 0 Å². The number of aliphatic imine (C=N–C) groups is 1. The Hall–Kier alpha value is -3.35. The van der Waals surface area contributed by atoms with Gasteiger partial charge in [0.2, 0.25) is 0 Å². The van der Waals surface area contributed by atoms with Crippen LogP contribution in [-0.4, -0.2) is 43.0 Å². The first-order valence-electron chi connectivity index (χ1n) is 8.98. The number of aromatic hydroxyl groups is 1.